The number of ether oxygens (including phenoxy) is 1. The number of benzene rings is 2. The summed E-state index contributed by atoms with van der Waals surface area (Å²) < 4.78 is 5.48. The Morgan fingerprint density at radius 3 is 2.06 bits per heavy atom. The molecule has 2 aromatic carbocycles. The molecule has 182 valence electrons. The van der Waals surface area contributed by atoms with Crippen LogP contribution in [0.3, 0.4) is 0 Å². The lowest BCUT2D eigenvalue weighted by atomic mass is 9.98. The second-order valence-corrected chi connectivity index (χ2v) is 9.35. The molecule has 7 heteroatoms. The molecule has 0 aliphatic heterocycles. The number of carboxylic acids is 1. The number of aliphatic carboxylic acids is 1. The van der Waals surface area contributed by atoms with Gasteiger partial charge in [0.05, 0.1) is 6.42 Å². The molecule has 0 fully saturated rings. The van der Waals surface area contributed by atoms with E-state index in [-0.39, 0.29) is 18.6 Å². The molecule has 2 unspecified atom stereocenters. The second kappa shape index (κ2) is 11.7. The van der Waals surface area contributed by atoms with Crippen molar-refractivity contribution in [3.8, 4) is 11.1 Å². The van der Waals surface area contributed by atoms with Crippen molar-refractivity contribution < 1.29 is 24.2 Å². The third-order valence-corrected chi connectivity index (χ3v) is 6.14. The molecule has 0 saturated carbocycles. The van der Waals surface area contributed by atoms with Gasteiger partial charge in [-0.15, -0.1) is 0 Å². The van der Waals surface area contributed by atoms with E-state index in [0.717, 1.165) is 41.5 Å². The van der Waals surface area contributed by atoms with Crippen molar-refractivity contribution in [3.63, 3.8) is 0 Å². The van der Waals surface area contributed by atoms with Crippen LogP contribution in [0.5, 0.6) is 0 Å². The molecular weight excluding hydrogens is 432 g/mol. The molecule has 7 nitrogen and oxygen atoms in total. The zero-order valence-electron chi connectivity index (χ0n) is 20.0. The Morgan fingerprint density at radius 1 is 0.912 bits per heavy atom. The Kier molecular flexibility index (Phi) is 8.68. The standard InChI is InChI=1S/C27H34N2O5/c1-17(2)9-8-10-18(3)28-26(32)24(15-25(30)31)29-27(33)34-16-23-21-13-6-4-11-19(21)20-12-5-7-14-22(20)23/h4-7,11-14,17-18,23-24H,8-10,15-16H2,1-3H3,(H,28,32)(H,29,33)(H,30,31). The summed E-state index contributed by atoms with van der Waals surface area (Å²) in [4.78, 5) is 36.5. The van der Waals surface area contributed by atoms with Crippen LogP contribution in [0, 0.1) is 5.92 Å². The van der Waals surface area contributed by atoms with E-state index >= 15 is 0 Å². The normalized spacial score (nSPS) is 14.1. The number of hydrogen-bond donors (Lipinski definition) is 3. The van der Waals surface area contributed by atoms with E-state index in [1.807, 2.05) is 55.5 Å². The number of hydrogen-bond acceptors (Lipinski definition) is 4. The number of carbonyl (C=O) groups is 3. The Balaban J connectivity index is 1.59. The van der Waals surface area contributed by atoms with Gasteiger partial charge >= 0.3 is 12.1 Å². The monoisotopic (exact) mass is 466 g/mol. The van der Waals surface area contributed by atoms with Gasteiger partial charge in [0.2, 0.25) is 5.91 Å². The Labute approximate surface area is 200 Å². The second-order valence-electron chi connectivity index (χ2n) is 9.35. The minimum absolute atomic E-state index is 0.0902. The predicted octanol–water partition coefficient (Wildman–Crippen LogP) is 4.70. The third-order valence-electron chi connectivity index (χ3n) is 6.14. The first kappa shape index (κ1) is 25.3. The van der Waals surface area contributed by atoms with Crippen LogP contribution in [-0.2, 0) is 14.3 Å². The number of nitrogens with one attached hydrogen (secondary N) is 2. The van der Waals surface area contributed by atoms with Crippen LogP contribution < -0.4 is 10.6 Å². The van der Waals surface area contributed by atoms with Crippen molar-refractivity contribution in [2.45, 2.75) is 64.5 Å². The predicted molar refractivity (Wildman–Crippen MR) is 131 cm³/mol. The van der Waals surface area contributed by atoms with Crippen molar-refractivity contribution in [3.05, 3.63) is 59.7 Å². The molecule has 1 aliphatic carbocycles. The molecule has 1 aliphatic rings. The fraction of sp³-hybridized carbons (Fsp3) is 0.444. The summed E-state index contributed by atoms with van der Waals surface area (Å²) in [6, 6.07) is 14.7. The summed E-state index contributed by atoms with van der Waals surface area (Å²) in [5, 5.41) is 14.5. The fourth-order valence-electron chi connectivity index (χ4n) is 4.41. The van der Waals surface area contributed by atoms with Gasteiger partial charge in [-0.2, -0.15) is 0 Å². The van der Waals surface area contributed by atoms with Crippen LogP contribution in [-0.4, -0.2) is 41.8 Å². The molecule has 3 N–H and O–H groups in total. The SMILES string of the molecule is CC(C)CCCC(C)NC(=O)C(CC(=O)O)NC(=O)OCC1c2ccccc2-c2ccccc21. The summed E-state index contributed by atoms with van der Waals surface area (Å²) in [5.74, 6) is -1.23. The zero-order chi connectivity index (χ0) is 24.7. The first-order valence-electron chi connectivity index (χ1n) is 11.9. The van der Waals surface area contributed by atoms with Crippen LogP contribution in [0.15, 0.2) is 48.5 Å². The Hall–Kier alpha value is -3.35. The first-order chi connectivity index (χ1) is 16.3. The molecule has 2 amide bonds. The van der Waals surface area contributed by atoms with E-state index in [0.29, 0.717) is 5.92 Å². The average Bonchev–Trinajstić information content (AvgIpc) is 3.10. The summed E-state index contributed by atoms with van der Waals surface area (Å²) in [7, 11) is 0. The van der Waals surface area contributed by atoms with Crippen molar-refractivity contribution in [2.75, 3.05) is 6.61 Å². The molecule has 0 heterocycles. The molecule has 2 atom stereocenters. The lowest BCUT2D eigenvalue weighted by Gasteiger charge is -2.21. The number of fused-ring (bicyclic) bond motifs is 3. The van der Waals surface area contributed by atoms with Crippen LogP contribution >= 0.6 is 0 Å². The Morgan fingerprint density at radius 2 is 1.50 bits per heavy atom. The third kappa shape index (κ3) is 6.59. The molecule has 0 radical (unpaired) electrons. The van der Waals surface area contributed by atoms with Gasteiger partial charge in [0.15, 0.2) is 0 Å². The quantitative estimate of drug-likeness (QED) is 0.445. The summed E-state index contributed by atoms with van der Waals surface area (Å²) in [5.41, 5.74) is 4.38. The minimum Gasteiger partial charge on any atom is -0.481 e. The van der Waals surface area contributed by atoms with E-state index in [9.17, 15) is 19.5 Å². The van der Waals surface area contributed by atoms with Crippen LogP contribution in [0.4, 0.5) is 4.79 Å². The number of carboxylic acid groups (broad SMARTS) is 1. The van der Waals surface area contributed by atoms with Gasteiger partial charge < -0.3 is 20.5 Å². The molecule has 0 bridgehead atoms. The van der Waals surface area contributed by atoms with Crippen LogP contribution in [0.2, 0.25) is 0 Å². The lowest BCUT2D eigenvalue weighted by Crippen LogP contribution is -2.50. The molecule has 0 aromatic heterocycles. The average molecular weight is 467 g/mol. The molecule has 0 saturated heterocycles. The Bertz CT molecular complexity index is 974. The van der Waals surface area contributed by atoms with E-state index in [1.165, 1.54) is 0 Å². The van der Waals surface area contributed by atoms with E-state index in [1.54, 1.807) is 0 Å². The van der Waals surface area contributed by atoms with E-state index in [2.05, 4.69) is 24.5 Å². The highest BCUT2D eigenvalue weighted by Gasteiger charge is 2.30. The number of rotatable bonds is 11. The minimum atomic E-state index is -1.21. The van der Waals surface area contributed by atoms with Crippen molar-refractivity contribution in [1.82, 2.24) is 10.6 Å². The summed E-state index contributed by atoms with van der Waals surface area (Å²) in [6.07, 6.45) is 1.47. The topological polar surface area (TPSA) is 105 Å². The van der Waals surface area contributed by atoms with Crippen LogP contribution in [0.1, 0.15) is 63.5 Å². The van der Waals surface area contributed by atoms with Gasteiger partial charge in [-0.1, -0.05) is 75.2 Å². The highest BCUT2D eigenvalue weighted by Crippen LogP contribution is 2.44. The molecule has 3 rings (SSSR count). The van der Waals surface area contributed by atoms with Crippen LogP contribution in [0.25, 0.3) is 11.1 Å². The zero-order valence-corrected chi connectivity index (χ0v) is 20.0. The van der Waals surface area contributed by atoms with Gasteiger partial charge in [-0.05, 0) is 41.5 Å². The fourth-order valence-corrected chi connectivity index (χ4v) is 4.41. The molecule has 2 aromatic rings. The molecule has 0 spiro atoms. The van der Waals surface area contributed by atoms with Gasteiger partial charge in [0.25, 0.3) is 0 Å². The highest BCUT2D eigenvalue weighted by molar-refractivity contribution is 5.89. The highest BCUT2D eigenvalue weighted by atomic mass is 16.5. The first-order valence-corrected chi connectivity index (χ1v) is 11.9. The van der Waals surface area contributed by atoms with E-state index in [4.69, 9.17) is 4.74 Å². The summed E-state index contributed by atoms with van der Waals surface area (Å²) >= 11 is 0. The molecule has 34 heavy (non-hydrogen) atoms. The maximum Gasteiger partial charge on any atom is 0.407 e. The van der Waals surface area contributed by atoms with Crippen molar-refractivity contribution in [2.24, 2.45) is 5.92 Å². The number of amides is 2. The molecular formula is C27H34N2O5. The van der Waals surface area contributed by atoms with Gasteiger partial charge in [0.1, 0.15) is 12.6 Å². The number of alkyl carbamates (subject to hydrolysis) is 1. The van der Waals surface area contributed by atoms with Crippen molar-refractivity contribution in [1.29, 1.82) is 0 Å². The number of carbonyl (C=O) groups excluding carboxylic acids is 2. The van der Waals surface area contributed by atoms with Crippen molar-refractivity contribution >= 4 is 18.0 Å². The van der Waals surface area contributed by atoms with E-state index < -0.39 is 30.4 Å². The summed E-state index contributed by atoms with van der Waals surface area (Å²) in [6.45, 7) is 6.26. The van der Waals surface area contributed by atoms with Gasteiger partial charge in [-0.3, -0.25) is 9.59 Å². The van der Waals surface area contributed by atoms with Gasteiger partial charge in [0, 0.05) is 12.0 Å². The smallest absolute Gasteiger partial charge is 0.407 e. The maximum atomic E-state index is 12.7. The maximum absolute atomic E-state index is 12.7. The largest absolute Gasteiger partial charge is 0.481 e. The lowest BCUT2D eigenvalue weighted by molar-refractivity contribution is -0.140. The van der Waals surface area contributed by atoms with Gasteiger partial charge in [-0.25, -0.2) is 4.79 Å².